The summed E-state index contributed by atoms with van der Waals surface area (Å²) in [5.74, 6) is 0.327. The Hall–Kier alpha value is -3.94. The number of amides is 2. The van der Waals surface area contributed by atoms with Gasteiger partial charge in [0.2, 0.25) is 5.91 Å². The average molecular weight is 393 g/mol. The van der Waals surface area contributed by atoms with E-state index in [4.69, 9.17) is 5.26 Å². The van der Waals surface area contributed by atoms with Crippen molar-refractivity contribution in [3.05, 3.63) is 35.9 Å². The summed E-state index contributed by atoms with van der Waals surface area (Å²) < 4.78 is 2.93. The second-order valence-electron chi connectivity index (χ2n) is 6.73. The third-order valence-electron chi connectivity index (χ3n) is 4.81. The van der Waals surface area contributed by atoms with Crippen LogP contribution in [0.3, 0.4) is 0 Å². The molecule has 2 amide bonds. The highest BCUT2D eigenvalue weighted by Crippen LogP contribution is 2.17. The van der Waals surface area contributed by atoms with Crippen LogP contribution in [-0.2, 0) is 11.8 Å². The van der Waals surface area contributed by atoms with Crippen molar-refractivity contribution in [1.29, 1.82) is 5.26 Å². The number of imidazole rings is 1. The number of rotatable bonds is 3. The second-order valence-corrected chi connectivity index (χ2v) is 6.73. The molecular weight excluding hydrogens is 374 g/mol. The van der Waals surface area contributed by atoms with Crippen molar-refractivity contribution in [2.45, 2.75) is 6.92 Å². The van der Waals surface area contributed by atoms with Gasteiger partial charge in [-0.25, -0.2) is 9.50 Å². The van der Waals surface area contributed by atoms with Gasteiger partial charge in [-0.2, -0.15) is 10.4 Å². The zero-order chi connectivity index (χ0) is 20.5. The van der Waals surface area contributed by atoms with Gasteiger partial charge in [0.05, 0.1) is 11.9 Å². The third-order valence-corrected chi connectivity index (χ3v) is 4.81. The molecule has 4 heterocycles. The summed E-state index contributed by atoms with van der Waals surface area (Å²) in [6.45, 7) is 4.15. The molecule has 3 aromatic heterocycles. The molecule has 4 rings (SSSR count). The number of carbonyl (C=O) groups excluding carboxylic acids is 2. The molecule has 0 saturated carbocycles. The number of nitriles is 1. The number of hydrogen-bond acceptors (Lipinski definition) is 7. The first-order valence-electron chi connectivity index (χ1n) is 9.06. The van der Waals surface area contributed by atoms with Gasteiger partial charge in [0.15, 0.2) is 17.0 Å². The molecule has 0 radical (unpaired) electrons. The molecule has 1 aliphatic rings. The van der Waals surface area contributed by atoms with E-state index in [1.54, 1.807) is 31.1 Å². The molecule has 0 spiro atoms. The maximum atomic E-state index is 12.8. The van der Waals surface area contributed by atoms with Crippen LogP contribution >= 0.6 is 0 Å². The number of nitrogens with one attached hydrogen (secondary N) is 1. The molecule has 1 N–H and O–H groups in total. The van der Waals surface area contributed by atoms with Gasteiger partial charge >= 0.3 is 0 Å². The molecule has 1 fully saturated rings. The van der Waals surface area contributed by atoms with E-state index < -0.39 is 5.91 Å². The van der Waals surface area contributed by atoms with Gasteiger partial charge in [0, 0.05) is 46.3 Å². The lowest BCUT2D eigenvalue weighted by Crippen LogP contribution is -2.48. The SMILES string of the molecule is CC(=O)N1CCN(c2ccc3ncc(C(=O)Nc4cn(C)nc4C#N)n3n2)CC1. The van der Waals surface area contributed by atoms with Crippen LogP contribution in [0, 0.1) is 11.3 Å². The van der Waals surface area contributed by atoms with Crippen molar-refractivity contribution in [3.63, 3.8) is 0 Å². The van der Waals surface area contributed by atoms with Gasteiger partial charge in [-0.1, -0.05) is 0 Å². The molecule has 1 saturated heterocycles. The van der Waals surface area contributed by atoms with Crippen LogP contribution in [0.25, 0.3) is 5.65 Å². The maximum Gasteiger partial charge on any atom is 0.276 e. The minimum absolute atomic E-state index is 0.0637. The van der Waals surface area contributed by atoms with E-state index in [-0.39, 0.29) is 17.3 Å². The number of nitrogens with zero attached hydrogens (tertiary/aromatic N) is 8. The highest BCUT2D eigenvalue weighted by molar-refractivity contribution is 6.03. The van der Waals surface area contributed by atoms with Crippen LogP contribution < -0.4 is 10.2 Å². The molecule has 11 heteroatoms. The molecule has 148 valence electrons. The largest absolute Gasteiger partial charge is 0.352 e. The van der Waals surface area contributed by atoms with E-state index in [9.17, 15) is 9.59 Å². The first-order chi connectivity index (χ1) is 14.0. The van der Waals surface area contributed by atoms with Crippen molar-refractivity contribution in [3.8, 4) is 6.07 Å². The quantitative estimate of drug-likeness (QED) is 0.676. The monoisotopic (exact) mass is 393 g/mol. The van der Waals surface area contributed by atoms with Gasteiger partial charge in [-0.05, 0) is 12.1 Å². The Morgan fingerprint density at radius 2 is 1.93 bits per heavy atom. The van der Waals surface area contributed by atoms with Gasteiger partial charge in [-0.3, -0.25) is 14.3 Å². The molecule has 0 aliphatic carbocycles. The summed E-state index contributed by atoms with van der Waals surface area (Å²) in [6.07, 6.45) is 3.00. The first-order valence-corrected chi connectivity index (χ1v) is 9.06. The minimum Gasteiger partial charge on any atom is -0.352 e. The van der Waals surface area contributed by atoms with Crippen molar-refractivity contribution in [2.24, 2.45) is 7.05 Å². The predicted molar refractivity (Wildman–Crippen MR) is 103 cm³/mol. The normalized spacial score (nSPS) is 14.1. The number of aryl methyl sites for hydroxylation is 1. The lowest BCUT2D eigenvalue weighted by Gasteiger charge is -2.34. The highest BCUT2D eigenvalue weighted by atomic mass is 16.2. The Labute approximate surface area is 166 Å². The fourth-order valence-corrected chi connectivity index (χ4v) is 3.29. The lowest BCUT2D eigenvalue weighted by atomic mass is 10.3. The highest BCUT2D eigenvalue weighted by Gasteiger charge is 2.21. The van der Waals surface area contributed by atoms with Gasteiger partial charge in [0.1, 0.15) is 11.9 Å². The molecule has 3 aromatic rings. The summed E-state index contributed by atoms with van der Waals surface area (Å²) in [5, 5.41) is 20.4. The molecule has 0 atom stereocenters. The smallest absolute Gasteiger partial charge is 0.276 e. The topological polar surface area (TPSA) is 124 Å². The number of aromatic nitrogens is 5. The van der Waals surface area contributed by atoms with E-state index in [2.05, 4.69) is 25.4 Å². The molecule has 0 unspecified atom stereocenters. The van der Waals surface area contributed by atoms with E-state index >= 15 is 0 Å². The Kier molecular flexibility index (Phi) is 4.59. The van der Waals surface area contributed by atoms with Gasteiger partial charge in [-0.15, -0.1) is 5.10 Å². The van der Waals surface area contributed by atoms with E-state index in [0.717, 1.165) is 0 Å². The maximum absolute atomic E-state index is 12.8. The third kappa shape index (κ3) is 3.47. The predicted octanol–water partition coefficient (Wildman–Crippen LogP) is 0.255. The first kappa shape index (κ1) is 18.4. The number of anilines is 2. The number of fused-ring (bicyclic) bond motifs is 1. The molecule has 0 bridgehead atoms. The van der Waals surface area contributed by atoms with Crippen LogP contribution in [0.5, 0.6) is 0 Å². The standard InChI is InChI=1S/C18H19N9O2/c1-12(28)25-5-7-26(8-6-25)17-4-3-16-20-10-15(27(16)23-17)18(29)21-14-11-24(2)22-13(14)9-19/h3-4,10-11H,5-8H2,1-2H3,(H,21,29). The summed E-state index contributed by atoms with van der Waals surface area (Å²) in [4.78, 5) is 32.4. The van der Waals surface area contributed by atoms with Crippen LogP contribution in [0.1, 0.15) is 23.1 Å². The van der Waals surface area contributed by atoms with Crippen LogP contribution in [-0.4, -0.2) is 67.3 Å². The summed E-state index contributed by atoms with van der Waals surface area (Å²) in [7, 11) is 1.67. The Bertz CT molecular complexity index is 1130. The Morgan fingerprint density at radius 3 is 2.62 bits per heavy atom. The van der Waals surface area contributed by atoms with E-state index in [0.29, 0.717) is 43.3 Å². The molecule has 29 heavy (non-hydrogen) atoms. The number of carbonyl (C=O) groups is 2. The summed E-state index contributed by atoms with van der Waals surface area (Å²) in [5.41, 5.74) is 1.24. The van der Waals surface area contributed by atoms with Crippen LogP contribution in [0.15, 0.2) is 24.5 Å². The van der Waals surface area contributed by atoms with E-state index in [1.807, 2.05) is 12.1 Å². The number of hydrogen-bond donors (Lipinski definition) is 1. The average Bonchev–Trinajstić information content (AvgIpc) is 3.30. The second kappa shape index (κ2) is 7.23. The van der Waals surface area contributed by atoms with Gasteiger partial charge in [0.25, 0.3) is 5.91 Å². The van der Waals surface area contributed by atoms with Crippen molar-refractivity contribution >= 4 is 29.0 Å². The molecule has 11 nitrogen and oxygen atoms in total. The van der Waals surface area contributed by atoms with Crippen molar-refractivity contribution in [2.75, 3.05) is 36.4 Å². The van der Waals surface area contributed by atoms with Crippen LogP contribution in [0.2, 0.25) is 0 Å². The fraction of sp³-hybridized carbons (Fsp3) is 0.333. The zero-order valence-electron chi connectivity index (χ0n) is 16.0. The fourth-order valence-electron chi connectivity index (χ4n) is 3.29. The number of piperazine rings is 1. The van der Waals surface area contributed by atoms with Crippen molar-refractivity contribution in [1.82, 2.24) is 29.3 Å². The summed E-state index contributed by atoms with van der Waals surface area (Å²) >= 11 is 0. The molecule has 0 aromatic carbocycles. The molecule has 1 aliphatic heterocycles. The van der Waals surface area contributed by atoms with Gasteiger partial charge < -0.3 is 15.1 Å². The summed E-state index contributed by atoms with van der Waals surface area (Å²) in [6, 6.07) is 5.59. The van der Waals surface area contributed by atoms with Crippen LogP contribution in [0.4, 0.5) is 11.5 Å². The Balaban J connectivity index is 1.58. The zero-order valence-corrected chi connectivity index (χ0v) is 16.0. The lowest BCUT2D eigenvalue weighted by molar-refractivity contribution is -0.129. The minimum atomic E-state index is -0.437. The molecular formula is C18H19N9O2. The van der Waals surface area contributed by atoms with Crippen molar-refractivity contribution < 1.29 is 9.59 Å². The van der Waals surface area contributed by atoms with E-state index in [1.165, 1.54) is 15.4 Å². The Morgan fingerprint density at radius 1 is 1.17 bits per heavy atom.